The second-order valence-corrected chi connectivity index (χ2v) is 5.30. The molecular formula is C17H13N3O4. The molecule has 0 spiro atoms. The molecule has 7 nitrogen and oxygen atoms in total. The number of aryl methyl sites for hydroxylation is 1. The van der Waals surface area contributed by atoms with Gasteiger partial charge in [0.15, 0.2) is 11.5 Å². The molecule has 7 heteroatoms. The molecule has 3 aromatic rings. The van der Waals surface area contributed by atoms with Crippen molar-refractivity contribution in [2.24, 2.45) is 0 Å². The zero-order chi connectivity index (χ0) is 16.5. The van der Waals surface area contributed by atoms with Gasteiger partial charge in [-0.25, -0.2) is 0 Å². The van der Waals surface area contributed by atoms with Gasteiger partial charge in [0.25, 0.3) is 5.91 Å². The van der Waals surface area contributed by atoms with Crippen molar-refractivity contribution in [3.63, 3.8) is 0 Å². The quantitative estimate of drug-likeness (QED) is 0.797. The van der Waals surface area contributed by atoms with Crippen LogP contribution in [-0.4, -0.2) is 22.9 Å². The molecule has 1 aliphatic rings. The van der Waals surface area contributed by atoms with Crippen molar-refractivity contribution in [1.82, 2.24) is 10.2 Å². The maximum absolute atomic E-state index is 12.3. The lowest BCUT2D eigenvalue weighted by Crippen LogP contribution is -2.12. The molecule has 0 unspecified atom stereocenters. The summed E-state index contributed by atoms with van der Waals surface area (Å²) in [4.78, 5) is 12.3. The smallest absolute Gasteiger partial charge is 0.322 e. The minimum atomic E-state index is -0.368. The molecule has 2 aromatic carbocycles. The van der Waals surface area contributed by atoms with E-state index < -0.39 is 0 Å². The highest BCUT2D eigenvalue weighted by Crippen LogP contribution is 2.32. The predicted molar refractivity (Wildman–Crippen MR) is 85.0 cm³/mol. The van der Waals surface area contributed by atoms with Crippen LogP contribution in [0.2, 0.25) is 0 Å². The van der Waals surface area contributed by atoms with Crippen LogP contribution in [0.15, 0.2) is 46.9 Å². The van der Waals surface area contributed by atoms with Crippen LogP contribution in [0.4, 0.5) is 6.01 Å². The number of ether oxygens (including phenoxy) is 2. The number of carbonyl (C=O) groups excluding carboxylic acids is 1. The fourth-order valence-corrected chi connectivity index (χ4v) is 2.29. The third-order valence-corrected chi connectivity index (χ3v) is 3.58. The summed E-state index contributed by atoms with van der Waals surface area (Å²) in [6.45, 7) is 2.15. The van der Waals surface area contributed by atoms with Gasteiger partial charge in [0, 0.05) is 11.1 Å². The lowest BCUT2D eigenvalue weighted by molar-refractivity contribution is 0.102. The Morgan fingerprint density at radius 1 is 1.04 bits per heavy atom. The summed E-state index contributed by atoms with van der Waals surface area (Å²) < 4.78 is 16.0. The number of amides is 1. The van der Waals surface area contributed by atoms with E-state index in [0.717, 1.165) is 11.1 Å². The number of nitrogens with zero attached hydrogens (tertiary/aromatic N) is 2. The minimum Gasteiger partial charge on any atom is -0.454 e. The molecule has 0 saturated heterocycles. The van der Waals surface area contributed by atoms with Gasteiger partial charge in [0.2, 0.25) is 12.7 Å². The van der Waals surface area contributed by atoms with E-state index in [-0.39, 0.29) is 18.7 Å². The average molecular weight is 323 g/mol. The highest BCUT2D eigenvalue weighted by Gasteiger charge is 2.18. The van der Waals surface area contributed by atoms with Crippen molar-refractivity contribution in [3.8, 4) is 23.0 Å². The Morgan fingerprint density at radius 3 is 2.67 bits per heavy atom. The number of benzene rings is 2. The van der Waals surface area contributed by atoms with Gasteiger partial charge >= 0.3 is 6.01 Å². The molecular weight excluding hydrogens is 310 g/mol. The van der Waals surface area contributed by atoms with E-state index in [1.807, 2.05) is 31.2 Å². The number of hydrogen-bond acceptors (Lipinski definition) is 6. The normalized spacial score (nSPS) is 12.2. The zero-order valence-electron chi connectivity index (χ0n) is 12.8. The van der Waals surface area contributed by atoms with Crippen molar-refractivity contribution in [3.05, 3.63) is 53.6 Å². The van der Waals surface area contributed by atoms with E-state index in [0.29, 0.717) is 23.0 Å². The molecule has 0 atom stereocenters. The zero-order valence-corrected chi connectivity index (χ0v) is 12.8. The Kier molecular flexibility index (Phi) is 3.38. The van der Waals surface area contributed by atoms with Crippen LogP contribution in [0.3, 0.4) is 0 Å². The van der Waals surface area contributed by atoms with Gasteiger partial charge in [-0.15, -0.1) is 5.10 Å². The number of rotatable bonds is 3. The first-order valence-corrected chi connectivity index (χ1v) is 7.30. The highest BCUT2D eigenvalue weighted by atomic mass is 16.7. The van der Waals surface area contributed by atoms with Crippen LogP contribution < -0.4 is 14.8 Å². The molecule has 1 aromatic heterocycles. The summed E-state index contributed by atoms with van der Waals surface area (Å²) in [5.41, 5.74) is 2.33. The molecule has 0 radical (unpaired) electrons. The van der Waals surface area contributed by atoms with Crippen LogP contribution in [0.1, 0.15) is 15.9 Å². The number of anilines is 1. The maximum atomic E-state index is 12.3. The van der Waals surface area contributed by atoms with Gasteiger partial charge in [-0.05, 0) is 37.3 Å². The van der Waals surface area contributed by atoms with Gasteiger partial charge in [-0.2, -0.15) is 0 Å². The fraction of sp³-hybridized carbons (Fsp3) is 0.118. The Labute approximate surface area is 137 Å². The number of hydrogen-bond donors (Lipinski definition) is 1. The van der Waals surface area contributed by atoms with E-state index >= 15 is 0 Å². The average Bonchev–Trinajstić information content (AvgIpc) is 3.24. The molecule has 0 bridgehead atoms. The molecule has 1 aliphatic heterocycles. The molecule has 0 aliphatic carbocycles. The number of aromatic nitrogens is 2. The van der Waals surface area contributed by atoms with Crippen molar-refractivity contribution in [2.45, 2.75) is 6.92 Å². The van der Waals surface area contributed by atoms with Crippen molar-refractivity contribution in [1.29, 1.82) is 0 Å². The van der Waals surface area contributed by atoms with Crippen molar-refractivity contribution < 1.29 is 18.7 Å². The van der Waals surface area contributed by atoms with Crippen LogP contribution in [0.5, 0.6) is 11.5 Å². The summed E-state index contributed by atoms with van der Waals surface area (Å²) in [7, 11) is 0. The molecule has 0 fully saturated rings. The van der Waals surface area contributed by atoms with Crippen LogP contribution in [0.25, 0.3) is 11.5 Å². The largest absolute Gasteiger partial charge is 0.454 e. The molecule has 0 saturated carbocycles. The second-order valence-electron chi connectivity index (χ2n) is 5.30. The molecule has 1 amide bonds. The molecule has 120 valence electrons. The fourth-order valence-electron chi connectivity index (χ4n) is 2.29. The minimum absolute atomic E-state index is 0.0354. The van der Waals surface area contributed by atoms with Gasteiger partial charge in [-0.3, -0.25) is 10.1 Å². The van der Waals surface area contributed by atoms with Crippen molar-refractivity contribution >= 4 is 11.9 Å². The topological polar surface area (TPSA) is 86.5 Å². The summed E-state index contributed by atoms with van der Waals surface area (Å²) in [5.74, 6) is 1.13. The first-order chi connectivity index (χ1) is 11.7. The van der Waals surface area contributed by atoms with Crippen LogP contribution in [-0.2, 0) is 0 Å². The van der Waals surface area contributed by atoms with Crippen LogP contribution >= 0.6 is 0 Å². The first kappa shape index (κ1) is 14.3. The molecule has 2 heterocycles. The van der Waals surface area contributed by atoms with E-state index in [9.17, 15) is 4.79 Å². The summed E-state index contributed by atoms with van der Waals surface area (Å²) in [5, 5.41) is 10.4. The number of carbonyl (C=O) groups is 1. The second kappa shape index (κ2) is 5.69. The third kappa shape index (κ3) is 2.67. The SMILES string of the molecule is Cc1ccc(-c2nnc(NC(=O)c3ccc4c(c3)OCO4)o2)cc1. The Morgan fingerprint density at radius 2 is 1.83 bits per heavy atom. The molecule has 4 rings (SSSR count). The Balaban J connectivity index is 1.51. The number of fused-ring (bicyclic) bond motifs is 1. The first-order valence-electron chi connectivity index (χ1n) is 7.30. The van der Waals surface area contributed by atoms with E-state index in [2.05, 4.69) is 15.5 Å². The summed E-state index contributed by atoms with van der Waals surface area (Å²) >= 11 is 0. The van der Waals surface area contributed by atoms with Gasteiger partial charge < -0.3 is 13.9 Å². The Bertz CT molecular complexity index is 902. The lowest BCUT2D eigenvalue weighted by Gasteiger charge is -2.02. The predicted octanol–water partition coefficient (Wildman–Crippen LogP) is 3.03. The molecule has 1 N–H and O–H groups in total. The highest BCUT2D eigenvalue weighted by molar-refractivity contribution is 6.03. The standard InChI is InChI=1S/C17H13N3O4/c1-10-2-4-11(5-3-10)16-19-20-17(24-16)18-15(21)12-6-7-13-14(8-12)23-9-22-13/h2-8H,9H2,1H3,(H,18,20,21). The van der Waals surface area contributed by atoms with Gasteiger partial charge in [0.1, 0.15) is 0 Å². The monoisotopic (exact) mass is 323 g/mol. The summed E-state index contributed by atoms with van der Waals surface area (Å²) in [6.07, 6.45) is 0. The Hall–Kier alpha value is -3.35. The lowest BCUT2D eigenvalue weighted by atomic mass is 10.1. The van der Waals surface area contributed by atoms with E-state index in [1.54, 1.807) is 18.2 Å². The molecule has 24 heavy (non-hydrogen) atoms. The van der Waals surface area contributed by atoms with Gasteiger partial charge in [-0.1, -0.05) is 22.8 Å². The maximum Gasteiger partial charge on any atom is 0.322 e. The van der Waals surface area contributed by atoms with E-state index in [4.69, 9.17) is 13.9 Å². The van der Waals surface area contributed by atoms with Crippen LogP contribution in [0, 0.1) is 6.92 Å². The van der Waals surface area contributed by atoms with Gasteiger partial charge in [0.05, 0.1) is 0 Å². The third-order valence-electron chi connectivity index (χ3n) is 3.58. The van der Waals surface area contributed by atoms with Crippen molar-refractivity contribution in [2.75, 3.05) is 12.1 Å². The summed E-state index contributed by atoms with van der Waals surface area (Å²) in [6, 6.07) is 12.6. The van der Waals surface area contributed by atoms with E-state index in [1.165, 1.54) is 0 Å². The number of nitrogens with one attached hydrogen (secondary N) is 1.